The summed E-state index contributed by atoms with van der Waals surface area (Å²) in [5, 5.41) is 9.57. The Morgan fingerprint density at radius 1 is 1.00 bits per heavy atom. The minimum absolute atomic E-state index is 0.0183. The molecule has 1 amide bonds. The van der Waals surface area contributed by atoms with E-state index in [0.717, 1.165) is 18.4 Å². The number of nitrogens with zero attached hydrogens (tertiary/aromatic N) is 2. The van der Waals surface area contributed by atoms with Gasteiger partial charge in [0.1, 0.15) is 0 Å². The molecule has 0 saturated carbocycles. The first-order valence-electron chi connectivity index (χ1n) is 11.7. The predicted octanol–water partition coefficient (Wildman–Crippen LogP) is 5.38. The fourth-order valence-corrected chi connectivity index (χ4v) is 5.20. The number of benzene rings is 3. The summed E-state index contributed by atoms with van der Waals surface area (Å²) in [6.45, 7) is 2.99. The summed E-state index contributed by atoms with van der Waals surface area (Å²) in [5.74, 6) is 0.0135. The van der Waals surface area contributed by atoms with E-state index >= 15 is 0 Å². The number of nitriles is 1. The highest BCUT2D eigenvalue weighted by atomic mass is 16.2. The number of carbonyl (C=O) groups excluding carboxylic acids is 1. The predicted molar refractivity (Wildman–Crippen MR) is 131 cm³/mol. The molecule has 4 heteroatoms. The zero-order valence-electron chi connectivity index (χ0n) is 19.1. The normalized spacial score (nSPS) is 20.0. The first-order chi connectivity index (χ1) is 16.1. The number of amides is 1. The average Bonchev–Trinajstić information content (AvgIpc) is 2.89. The molecule has 0 spiro atoms. The van der Waals surface area contributed by atoms with Crippen LogP contribution in [0.5, 0.6) is 0 Å². The molecule has 2 unspecified atom stereocenters. The van der Waals surface area contributed by atoms with E-state index in [4.69, 9.17) is 5.73 Å². The largest absolute Gasteiger partial charge is 0.335 e. The van der Waals surface area contributed by atoms with Crippen LogP contribution < -0.4 is 5.73 Å². The smallest absolute Gasteiger partial charge is 0.226 e. The molecule has 1 aliphatic heterocycles. The van der Waals surface area contributed by atoms with Crippen LogP contribution in [0.1, 0.15) is 59.9 Å². The Hall–Kier alpha value is -3.42. The lowest BCUT2D eigenvalue weighted by Crippen LogP contribution is -2.45. The summed E-state index contributed by atoms with van der Waals surface area (Å²) in [7, 11) is 0. The van der Waals surface area contributed by atoms with Gasteiger partial charge in [-0.25, -0.2) is 0 Å². The van der Waals surface area contributed by atoms with Gasteiger partial charge in [0.2, 0.25) is 5.91 Å². The van der Waals surface area contributed by atoms with Crippen LogP contribution in [0.15, 0.2) is 84.9 Å². The van der Waals surface area contributed by atoms with Crippen molar-refractivity contribution in [2.75, 3.05) is 13.1 Å². The third-order valence-electron chi connectivity index (χ3n) is 7.07. The Balaban J connectivity index is 1.63. The summed E-state index contributed by atoms with van der Waals surface area (Å²) < 4.78 is 0. The maximum Gasteiger partial charge on any atom is 0.226 e. The van der Waals surface area contributed by atoms with Gasteiger partial charge in [-0.2, -0.15) is 5.26 Å². The van der Waals surface area contributed by atoms with Gasteiger partial charge < -0.3 is 10.6 Å². The Morgan fingerprint density at radius 2 is 1.61 bits per heavy atom. The molecule has 3 aromatic carbocycles. The molecule has 4 nitrogen and oxygen atoms in total. The molecular formula is C29H31N3O. The zero-order chi connectivity index (χ0) is 23.2. The van der Waals surface area contributed by atoms with E-state index in [2.05, 4.69) is 47.4 Å². The van der Waals surface area contributed by atoms with Crippen LogP contribution in [0.2, 0.25) is 0 Å². The molecule has 1 aliphatic rings. The number of hydrogen-bond acceptors (Lipinski definition) is 3. The molecule has 2 N–H and O–H groups in total. The highest BCUT2D eigenvalue weighted by molar-refractivity contribution is 5.80. The van der Waals surface area contributed by atoms with E-state index < -0.39 is 0 Å². The minimum Gasteiger partial charge on any atom is -0.335 e. The maximum atomic E-state index is 13.9. The molecule has 4 atom stereocenters. The first-order valence-corrected chi connectivity index (χ1v) is 11.7. The van der Waals surface area contributed by atoms with Crippen LogP contribution in [-0.2, 0) is 4.79 Å². The van der Waals surface area contributed by atoms with E-state index in [1.165, 1.54) is 11.1 Å². The van der Waals surface area contributed by atoms with Gasteiger partial charge in [-0.05, 0) is 48.1 Å². The van der Waals surface area contributed by atoms with Gasteiger partial charge in [0.15, 0.2) is 0 Å². The summed E-state index contributed by atoms with van der Waals surface area (Å²) in [4.78, 5) is 15.9. The molecule has 1 heterocycles. The topological polar surface area (TPSA) is 70.1 Å². The molecule has 1 saturated heterocycles. The van der Waals surface area contributed by atoms with Gasteiger partial charge in [0, 0.05) is 18.4 Å². The third-order valence-corrected chi connectivity index (χ3v) is 7.07. The number of carbonyl (C=O) groups is 1. The van der Waals surface area contributed by atoms with Crippen molar-refractivity contribution in [2.24, 2.45) is 11.7 Å². The summed E-state index contributed by atoms with van der Waals surface area (Å²) in [6.07, 6.45) is 1.84. The maximum absolute atomic E-state index is 13.9. The van der Waals surface area contributed by atoms with Gasteiger partial charge in [-0.3, -0.25) is 4.79 Å². The average molecular weight is 438 g/mol. The lowest BCUT2D eigenvalue weighted by Gasteiger charge is -2.42. The Bertz CT molecular complexity index is 1110. The fourth-order valence-electron chi connectivity index (χ4n) is 5.20. The van der Waals surface area contributed by atoms with E-state index in [1.807, 2.05) is 49.4 Å². The Morgan fingerprint density at radius 3 is 2.24 bits per heavy atom. The molecule has 1 fully saturated rings. The monoisotopic (exact) mass is 437 g/mol. The van der Waals surface area contributed by atoms with Gasteiger partial charge in [0.05, 0.1) is 17.7 Å². The highest BCUT2D eigenvalue weighted by Crippen LogP contribution is 2.41. The van der Waals surface area contributed by atoms with Crippen LogP contribution in [-0.4, -0.2) is 23.9 Å². The molecule has 0 aliphatic carbocycles. The van der Waals surface area contributed by atoms with Gasteiger partial charge in [-0.15, -0.1) is 0 Å². The lowest BCUT2D eigenvalue weighted by atomic mass is 9.80. The van der Waals surface area contributed by atoms with E-state index in [0.29, 0.717) is 24.6 Å². The molecule has 4 rings (SSSR count). The van der Waals surface area contributed by atoms with Crippen molar-refractivity contribution in [3.8, 4) is 6.07 Å². The molecule has 168 valence electrons. The second-order valence-corrected chi connectivity index (χ2v) is 8.92. The molecule has 0 bridgehead atoms. The second-order valence-electron chi connectivity index (χ2n) is 8.92. The number of likely N-dealkylation sites (tertiary alicyclic amines) is 1. The summed E-state index contributed by atoms with van der Waals surface area (Å²) >= 11 is 0. The van der Waals surface area contributed by atoms with Crippen molar-refractivity contribution >= 4 is 5.91 Å². The van der Waals surface area contributed by atoms with E-state index in [-0.39, 0.29) is 23.8 Å². The Kier molecular flexibility index (Phi) is 7.22. The zero-order valence-corrected chi connectivity index (χ0v) is 19.1. The number of rotatable bonds is 6. The molecule has 0 aromatic heterocycles. The van der Waals surface area contributed by atoms with Gasteiger partial charge in [0.25, 0.3) is 0 Å². The van der Waals surface area contributed by atoms with Crippen LogP contribution >= 0.6 is 0 Å². The fraction of sp³-hybridized carbons (Fsp3) is 0.310. The van der Waals surface area contributed by atoms with Gasteiger partial charge in [-0.1, -0.05) is 85.8 Å². The van der Waals surface area contributed by atoms with Crippen molar-refractivity contribution in [2.45, 2.75) is 37.6 Å². The van der Waals surface area contributed by atoms with Crippen molar-refractivity contribution in [1.82, 2.24) is 4.90 Å². The standard InChI is InChI=1S/C29H31N3O/c1-21(27(20-31)26-15-9-8-14-25(26)19-30)29(33)32-17-16-24(22-10-4-2-5-11-22)18-28(32)23-12-6-3-7-13-23/h2-15,21,24,27-28H,16-18,20,31H2,1H3/t21-,24?,27?,28-/m1/s1. The number of hydrogen-bond donors (Lipinski definition) is 1. The number of nitrogens with two attached hydrogens (primary N) is 1. The highest BCUT2D eigenvalue weighted by Gasteiger charge is 2.37. The minimum atomic E-state index is -0.316. The van der Waals surface area contributed by atoms with Crippen molar-refractivity contribution in [1.29, 1.82) is 5.26 Å². The summed E-state index contributed by atoms with van der Waals surface area (Å²) in [6, 6.07) is 30.7. The summed E-state index contributed by atoms with van der Waals surface area (Å²) in [5.41, 5.74) is 10.1. The second kappa shape index (κ2) is 10.5. The van der Waals surface area contributed by atoms with Crippen molar-refractivity contribution in [3.05, 3.63) is 107 Å². The van der Waals surface area contributed by atoms with Crippen LogP contribution in [0.4, 0.5) is 0 Å². The van der Waals surface area contributed by atoms with Crippen LogP contribution in [0, 0.1) is 17.2 Å². The third kappa shape index (κ3) is 4.84. The first kappa shape index (κ1) is 22.8. The van der Waals surface area contributed by atoms with Crippen LogP contribution in [0.25, 0.3) is 0 Å². The quantitative estimate of drug-likeness (QED) is 0.562. The van der Waals surface area contributed by atoms with E-state index in [1.54, 1.807) is 6.07 Å². The van der Waals surface area contributed by atoms with E-state index in [9.17, 15) is 10.1 Å². The molecule has 3 aromatic rings. The molecule has 33 heavy (non-hydrogen) atoms. The Labute approximate surface area is 196 Å². The SMILES string of the molecule is C[C@@H](C(=O)N1CCC(c2ccccc2)C[C@@H]1c1ccccc1)C(CN)c1ccccc1C#N. The van der Waals surface area contributed by atoms with Crippen molar-refractivity contribution < 1.29 is 4.79 Å². The van der Waals surface area contributed by atoms with Crippen LogP contribution in [0.3, 0.4) is 0 Å². The van der Waals surface area contributed by atoms with Gasteiger partial charge >= 0.3 is 0 Å². The molecule has 0 radical (unpaired) electrons. The number of piperidine rings is 1. The lowest BCUT2D eigenvalue weighted by molar-refractivity contribution is -0.140. The van der Waals surface area contributed by atoms with Crippen molar-refractivity contribution in [3.63, 3.8) is 0 Å². The molecular weight excluding hydrogens is 406 g/mol.